The fourth-order valence-electron chi connectivity index (χ4n) is 3.04. The Kier molecular flexibility index (Phi) is 4.82. The minimum Gasteiger partial charge on any atom is -0.496 e. The molecule has 0 spiro atoms. The first-order valence-corrected chi connectivity index (χ1v) is 8.92. The van der Waals surface area contributed by atoms with Gasteiger partial charge in [-0.15, -0.1) is 10.2 Å². The molecule has 0 aliphatic carbocycles. The zero-order valence-corrected chi connectivity index (χ0v) is 16.2. The van der Waals surface area contributed by atoms with Crippen molar-refractivity contribution in [2.45, 2.75) is 6.92 Å². The average molecular weight is 389 g/mol. The Hall–Kier alpha value is -3.94. The molecule has 1 N–H and O–H groups in total. The summed E-state index contributed by atoms with van der Waals surface area (Å²) < 4.78 is 12.3. The van der Waals surface area contributed by atoms with Crippen LogP contribution in [0.1, 0.15) is 16.2 Å². The van der Waals surface area contributed by atoms with Crippen molar-refractivity contribution in [3.63, 3.8) is 0 Å². The van der Waals surface area contributed by atoms with Gasteiger partial charge in [0.1, 0.15) is 17.1 Å². The van der Waals surface area contributed by atoms with Gasteiger partial charge < -0.3 is 14.8 Å². The molecule has 0 atom stereocenters. The number of amides is 1. The summed E-state index contributed by atoms with van der Waals surface area (Å²) in [6.07, 6.45) is 0. The Morgan fingerprint density at radius 3 is 2.28 bits per heavy atom. The molecule has 2 aromatic heterocycles. The molecule has 0 aliphatic heterocycles. The minimum absolute atomic E-state index is 0.313. The summed E-state index contributed by atoms with van der Waals surface area (Å²) >= 11 is 0. The van der Waals surface area contributed by atoms with Gasteiger partial charge in [-0.1, -0.05) is 18.2 Å². The predicted molar refractivity (Wildman–Crippen MR) is 108 cm³/mol. The number of benzene rings is 2. The molecule has 0 saturated carbocycles. The van der Waals surface area contributed by atoms with Gasteiger partial charge in [0.15, 0.2) is 11.5 Å². The van der Waals surface area contributed by atoms with Gasteiger partial charge in [-0.05, 0) is 43.3 Å². The van der Waals surface area contributed by atoms with E-state index in [0.29, 0.717) is 28.4 Å². The van der Waals surface area contributed by atoms with E-state index in [1.54, 1.807) is 22.7 Å². The average Bonchev–Trinajstić information content (AvgIpc) is 3.13. The van der Waals surface area contributed by atoms with E-state index in [-0.39, 0.29) is 5.91 Å². The molecule has 4 rings (SSSR count). The zero-order chi connectivity index (χ0) is 20.4. The Balaban J connectivity index is 1.58. The monoisotopic (exact) mass is 389 g/mol. The summed E-state index contributed by atoms with van der Waals surface area (Å²) in [7, 11) is 3.03. The number of aryl methyl sites for hydroxylation is 1. The number of hydrogen-bond donors (Lipinski definition) is 1. The van der Waals surface area contributed by atoms with E-state index < -0.39 is 0 Å². The molecule has 8 heteroatoms. The molecular weight excluding hydrogens is 370 g/mol. The molecule has 0 aliphatic rings. The number of rotatable bonds is 5. The maximum absolute atomic E-state index is 12.8. The molecule has 0 bridgehead atoms. The van der Waals surface area contributed by atoms with E-state index in [1.807, 2.05) is 43.3 Å². The number of aromatic nitrogens is 4. The number of anilines is 1. The third kappa shape index (κ3) is 3.47. The van der Waals surface area contributed by atoms with Crippen molar-refractivity contribution in [1.82, 2.24) is 19.8 Å². The van der Waals surface area contributed by atoms with Crippen molar-refractivity contribution in [1.29, 1.82) is 0 Å². The molecule has 0 saturated heterocycles. The van der Waals surface area contributed by atoms with Gasteiger partial charge in [0.2, 0.25) is 0 Å². The van der Waals surface area contributed by atoms with Gasteiger partial charge in [0.05, 0.1) is 19.9 Å². The standard InChI is InChI=1S/C21H19N5O3/c1-13-23-24-19-12-11-16(25-26(13)19)14-7-9-15(10-8-14)22-21(27)20-17(28-2)5-4-6-18(20)29-3/h4-12H,1-3H3,(H,22,27). The second-order valence-electron chi connectivity index (χ2n) is 6.30. The molecule has 2 aromatic carbocycles. The lowest BCUT2D eigenvalue weighted by Gasteiger charge is -2.13. The van der Waals surface area contributed by atoms with Crippen LogP contribution in [0.4, 0.5) is 5.69 Å². The molecule has 1 amide bonds. The van der Waals surface area contributed by atoms with Crippen LogP contribution in [0.25, 0.3) is 16.9 Å². The number of carbonyl (C=O) groups is 1. The number of ether oxygens (including phenoxy) is 2. The van der Waals surface area contributed by atoms with Crippen molar-refractivity contribution >= 4 is 17.2 Å². The summed E-state index contributed by atoms with van der Waals surface area (Å²) in [5, 5.41) is 15.5. The maximum atomic E-state index is 12.8. The highest BCUT2D eigenvalue weighted by Crippen LogP contribution is 2.29. The van der Waals surface area contributed by atoms with Crippen molar-refractivity contribution in [3.8, 4) is 22.8 Å². The van der Waals surface area contributed by atoms with Crippen LogP contribution in [0.5, 0.6) is 11.5 Å². The molecule has 8 nitrogen and oxygen atoms in total. The highest BCUT2D eigenvalue weighted by atomic mass is 16.5. The van der Waals surface area contributed by atoms with Gasteiger partial charge in [0.25, 0.3) is 5.91 Å². The number of fused-ring (bicyclic) bond motifs is 1. The molecule has 2 heterocycles. The summed E-state index contributed by atoms with van der Waals surface area (Å²) in [6, 6.07) is 16.4. The molecular formula is C21H19N5O3. The summed E-state index contributed by atoms with van der Waals surface area (Å²) in [5.41, 5.74) is 3.38. The second-order valence-corrected chi connectivity index (χ2v) is 6.30. The minimum atomic E-state index is -0.313. The first-order valence-electron chi connectivity index (χ1n) is 8.92. The Labute approximate surface area is 167 Å². The van der Waals surface area contributed by atoms with Crippen LogP contribution in [-0.2, 0) is 0 Å². The van der Waals surface area contributed by atoms with Gasteiger partial charge in [-0.3, -0.25) is 4.79 Å². The van der Waals surface area contributed by atoms with Gasteiger partial charge >= 0.3 is 0 Å². The molecule has 29 heavy (non-hydrogen) atoms. The Bertz CT molecular complexity index is 1160. The molecule has 146 valence electrons. The SMILES string of the molecule is COc1cccc(OC)c1C(=O)Nc1ccc(-c2ccc3nnc(C)n3n2)cc1. The normalized spacial score (nSPS) is 10.7. The molecule has 0 radical (unpaired) electrons. The fraction of sp³-hybridized carbons (Fsp3) is 0.143. The zero-order valence-electron chi connectivity index (χ0n) is 16.2. The number of hydrogen-bond acceptors (Lipinski definition) is 6. The first kappa shape index (κ1) is 18.4. The highest BCUT2D eigenvalue weighted by molar-refractivity contribution is 6.08. The quantitative estimate of drug-likeness (QED) is 0.563. The van der Waals surface area contributed by atoms with Crippen LogP contribution in [0.3, 0.4) is 0 Å². The van der Waals surface area contributed by atoms with E-state index >= 15 is 0 Å². The maximum Gasteiger partial charge on any atom is 0.263 e. The van der Waals surface area contributed by atoms with Crippen LogP contribution in [0.15, 0.2) is 54.6 Å². The topological polar surface area (TPSA) is 90.6 Å². The lowest BCUT2D eigenvalue weighted by molar-refractivity contribution is 0.102. The molecule has 0 fully saturated rings. The van der Waals surface area contributed by atoms with Gasteiger partial charge in [-0.2, -0.15) is 9.61 Å². The van der Waals surface area contributed by atoms with Crippen molar-refractivity contribution in [2.24, 2.45) is 0 Å². The third-order valence-electron chi connectivity index (χ3n) is 4.51. The van der Waals surface area contributed by atoms with E-state index in [2.05, 4.69) is 20.6 Å². The van der Waals surface area contributed by atoms with Crippen LogP contribution in [-0.4, -0.2) is 39.9 Å². The molecule has 4 aromatic rings. The predicted octanol–water partition coefficient (Wildman–Crippen LogP) is 3.37. The number of methoxy groups -OCH3 is 2. The van der Waals surface area contributed by atoms with Gasteiger partial charge in [0, 0.05) is 11.3 Å². The summed E-state index contributed by atoms with van der Waals surface area (Å²) in [6.45, 7) is 1.85. The molecule has 0 unspecified atom stereocenters. The van der Waals surface area contributed by atoms with Crippen LogP contribution in [0.2, 0.25) is 0 Å². The number of carbonyl (C=O) groups excluding carboxylic acids is 1. The van der Waals surface area contributed by atoms with Crippen LogP contribution >= 0.6 is 0 Å². The van der Waals surface area contributed by atoms with Crippen LogP contribution in [0, 0.1) is 6.92 Å². The highest BCUT2D eigenvalue weighted by Gasteiger charge is 2.18. The summed E-state index contributed by atoms with van der Waals surface area (Å²) in [4.78, 5) is 12.8. The second kappa shape index (κ2) is 7.59. The fourth-order valence-corrected chi connectivity index (χ4v) is 3.04. The van der Waals surface area contributed by atoms with Crippen molar-refractivity contribution < 1.29 is 14.3 Å². The Morgan fingerprint density at radius 1 is 0.931 bits per heavy atom. The number of nitrogens with one attached hydrogen (secondary N) is 1. The summed E-state index contributed by atoms with van der Waals surface area (Å²) in [5.74, 6) is 1.30. The van der Waals surface area contributed by atoms with Gasteiger partial charge in [-0.25, -0.2) is 0 Å². The van der Waals surface area contributed by atoms with E-state index in [9.17, 15) is 4.79 Å². The van der Waals surface area contributed by atoms with E-state index in [1.165, 1.54) is 14.2 Å². The Morgan fingerprint density at radius 2 is 1.62 bits per heavy atom. The first-order chi connectivity index (χ1) is 14.1. The third-order valence-corrected chi connectivity index (χ3v) is 4.51. The largest absolute Gasteiger partial charge is 0.496 e. The van der Waals surface area contributed by atoms with Crippen molar-refractivity contribution in [2.75, 3.05) is 19.5 Å². The number of nitrogens with zero attached hydrogens (tertiary/aromatic N) is 4. The van der Waals surface area contributed by atoms with E-state index in [4.69, 9.17) is 9.47 Å². The lowest BCUT2D eigenvalue weighted by atomic mass is 10.1. The van der Waals surface area contributed by atoms with Crippen molar-refractivity contribution in [3.05, 3.63) is 66.0 Å². The smallest absolute Gasteiger partial charge is 0.263 e. The van der Waals surface area contributed by atoms with E-state index in [0.717, 1.165) is 17.1 Å². The van der Waals surface area contributed by atoms with Crippen LogP contribution < -0.4 is 14.8 Å². The lowest BCUT2D eigenvalue weighted by Crippen LogP contribution is -2.14.